The normalized spacial score (nSPS) is 16.2. The molecule has 1 aromatic carbocycles. The minimum atomic E-state index is -3.94. The van der Waals surface area contributed by atoms with Gasteiger partial charge >= 0.3 is 5.97 Å². The van der Waals surface area contributed by atoms with E-state index in [1.807, 2.05) is 0 Å². The van der Waals surface area contributed by atoms with Crippen molar-refractivity contribution in [2.24, 2.45) is 5.92 Å². The van der Waals surface area contributed by atoms with E-state index in [-0.39, 0.29) is 11.5 Å². The van der Waals surface area contributed by atoms with Crippen LogP contribution in [0.15, 0.2) is 29.2 Å². The zero-order valence-corrected chi connectivity index (χ0v) is 17.8. The van der Waals surface area contributed by atoms with Crippen LogP contribution in [0.2, 0.25) is 0 Å². The summed E-state index contributed by atoms with van der Waals surface area (Å²) < 4.78 is 43.0. The van der Waals surface area contributed by atoms with Crippen LogP contribution >= 0.6 is 11.3 Å². The van der Waals surface area contributed by atoms with Crippen molar-refractivity contribution in [2.45, 2.75) is 38.0 Å². The van der Waals surface area contributed by atoms with Crippen molar-refractivity contribution in [3.05, 3.63) is 46.1 Å². The number of esters is 1. The van der Waals surface area contributed by atoms with Gasteiger partial charge in [0.2, 0.25) is 5.91 Å². The first-order valence-corrected chi connectivity index (χ1v) is 11.8. The Bertz CT molecular complexity index is 1030. The minimum absolute atomic E-state index is 0.140. The summed E-state index contributed by atoms with van der Waals surface area (Å²) in [5.41, 5.74) is 1.20. The fourth-order valence-electron chi connectivity index (χ4n) is 3.32. The van der Waals surface area contributed by atoms with Gasteiger partial charge in [-0.05, 0) is 61.9 Å². The summed E-state index contributed by atoms with van der Waals surface area (Å²) in [7, 11) is -3.94. The second-order valence-corrected chi connectivity index (χ2v) is 10.1. The Labute approximate surface area is 173 Å². The first-order chi connectivity index (χ1) is 13.7. The van der Waals surface area contributed by atoms with Gasteiger partial charge in [0.25, 0.3) is 0 Å². The van der Waals surface area contributed by atoms with E-state index in [2.05, 4.69) is 12.2 Å². The van der Waals surface area contributed by atoms with Gasteiger partial charge in [-0.2, -0.15) is 0 Å². The summed E-state index contributed by atoms with van der Waals surface area (Å²) in [6.07, 6.45) is 2.45. The molecule has 6 nitrogen and oxygen atoms in total. The number of hydrogen-bond acceptors (Lipinski definition) is 6. The summed E-state index contributed by atoms with van der Waals surface area (Å²) in [5.74, 6) is -2.17. The van der Waals surface area contributed by atoms with Gasteiger partial charge in [0.05, 0.1) is 17.1 Å². The van der Waals surface area contributed by atoms with E-state index >= 15 is 0 Å². The molecule has 0 bridgehead atoms. The number of fused-ring (bicyclic) bond motifs is 1. The number of sulfone groups is 1. The lowest BCUT2D eigenvalue weighted by molar-refractivity contribution is -0.113. The van der Waals surface area contributed by atoms with Gasteiger partial charge < -0.3 is 10.1 Å². The lowest BCUT2D eigenvalue weighted by Gasteiger charge is -2.18. The number of carbonyl (C=O) groups excluding carboxylic acids is 2. The highest BCUT2D eigenvalue weighted by atomic mass is 32.2. The molecule has 0 spiro atoms. The van der Waals surface area contributed by atoms with Crippen LogP contribution in [-0.4, -0.2) is 32.7 Å². The average molecular weight is 440 g/mol. The number of ether oxygens (including phenoxy) is 1. The standard InChI is InChI=1S/C20H22FNO5S2/c1-3-27-20(24)18-15-9-4-12(2)10-16(15)28-19(18)22-17(23)11-29(25,26)14-7-5-13(21)6-8-14/h5-8,12H,3-4,9-11H2,1-2H3,(H,22,23)/t12-/m1/s1. The first kappa shape index (κ1) is 21.4. The number of nitrogens with one attached hydrogen (secondary N) is 1. The zero-order valence-electron chi connectivity index (χ0n) is 16.2. The zero-order chi connectivity index (χ0) is 21.2. The molecule has 1 aliphatic rings. The molecule has 1 atom stereocenters. The van der Waals surface area contributed by atoms with Crippen LogP contribution in [0, 0.1) is 11.7 Å². The Hall–Kier alpha value is -2.26. The number of hydrogen-bond donors (Lipinski definition) is 1. The third-order valence-corrected chi connectivity index (χ3v) is 7.54. The monoisotopic (exact) mass is 439 g/mol. The maximum Gasteiger partial charge on any atom is 0.341 e. The first-order valence-electron chi connectivity index (χ1n) is 9.31. The van der Waals surface area contributed by atoms with E-state index in [0.29, 0.717) is 22.9 Å². The van der Waals surface area contributed by atoms with Crippen LogP contribution in [0.1, 0.15) is 41.1 Å². The SMILES string of the molecule is CCOC(=O)c1c(NC(=O)CS(=O)(=O)c2ccc(F)cc2)sc2c1CC[C@@H](C)C2. The quantitative estimate of drug-likeness (QED) is 0.549. The number of benzene rings is 1. The molecule has 1 amide bonds. The molecule has 0 saturated heterocycles. The molecule has 29 heavy (non-hydrogen) atoms. The van der Waals surface area contributed by atoms with Gasteiger partial charge in [0, 0.05) is 4.88 Å². The van der Waals surface area contributed by atoms with Crippen LogP contribution in [0.3, 0.4) is 0 Å². The van der Waals surface area contributed by atoms with Crippen molar-refractivity contribution in [3.63, 3.8) is 0 Å². The van der Waals surface area contributed by atoms with Crippen molar-refractivity contribution in [1.82, 2.24) is 0 Å². The van der Waals surface area contributed by atoms with Crippen molar-refractivity contribution < 1.29 is 27.1 Å². The van der Waals surface area contributed by atoms with Crippen LogP contribution in [0.4, 0.5) is 9.39 Å². The number of carbonyl (C=O) groups is 2. The molecule has 1 aliphatic carbocycles. The number of rotatable bonds is 6. The van der Waals surface area contributed by atoms with Crippen LogP contribution in [-0.2, 0) is 32.2 Å². The fraction of sp³-hybridized carbons (Fsp3) is 0.400. The fourth-order valence-corrected chi connectivity index (χ4v) is 5.87. The Kier molecular flexibility index (Phi) is 6.38. The Morgan fingerprint density at radius 3 is 2.62 bits per heavy atom. The maximum absolute atomic E-state index is 13.0. The van der Waals surface area contributed by atoms with Gasteiger partial charge in [-0.15, -0.1) is 11.3 Å². The van der Waals surface area contributed by atoms with Crippen molar-refractivity contribution in [3.8, 4) is 0 Å². The average Bonchev–Trinajstić information content (AvgIpc) is 2.98. The molecule has 156 valence electrons. The van der Waals surface area contributed by atoms with E-state index in [9.17, 15) is 22.4 Å². The summed E-state index contributed by atoms with van der Waals surface area (Å²) in [5, 5.41) is 2.91. The van der Waals surface area contributed by atoms with E-state index in [0.717, 1.165) is 47.5 Å². The largest absolute Gasteiger partial charge is 0.462 e. The van der Waals surface area contributed by atoms with Gasteiger partial charge in [0.1, 0.15) is 16.6 Å². The number of amides is 1. The molecule has 9 heteroatoms. The molecule has 0 radical (unpaired) electrons. The minimum Gasteiger partial charge on any atom is -0.462 e. The number of halogens is 1. The number of anilines is 1. The molecule has 0 saturated carbocycles. The summed E-state index contributed by atoms with van der Waals surface area (Å²) >= 11 is 1.29. The van der Waals surface area contributed by atoms with Crippen LogP contribution < -0.4 is 5.32 Å². The predicted molar refractivity (Wildman–Crippen MR) is 109 cm³/mol. The lowest BCUT2D eigenvalue weighted by atomic mass is 9.88. The Morgan fingerprint density at radius 2 is 1.97 bits per heavy atom. The molecule has 3 rings (SSSR count). The Morgan fingerprint density at radius 1 is 1.28 bits per heavy atom. The van der Waals surface area contributed by atoms with E-state index in [1.165, 1.54) is 11.3 Å². The topological polar surface area (TPSA) is 89.5 Å². The summed E-state index contributed by atoms with van der Waals surface area (Å²) in [4.78, 5) is 25.8. The maximum atomic E-state index is 13.0. The highest BCUT2D eigenvalue weighted by Crippen LogP contribution is 2.40. The molecule has 2 aromatic rings. The Balaban J connectivity index is 1.84. The van der Waals surface area contributed by atoms with Crippen molar-refractivity contribution >= 4 is 38.1 Å². The van der Waals surface area contributed by atoms with E-state index in [1.54, 1.807) is 6.92 Å². The molecule has 1 N–H and O–H groups in total. The molecule has 0 aliphatic heterocycles. The number of thiophene rings is 1. The summed E-state index contributed by atoms with van der Waals surface area (Å²) in [6, 6.07) is 4.29. The predicted octanol–water partition coefficient (Wildman–Crippen LogP) is 3.60. The highest BCUT2D eigenvalue weighted by molar-refractivity contribution is 7.92. The molecule has 1 aromatic heterocycles. The second kappa shape index (κ2) is 8.62. The van der Waals surface area contributed by atoms with Gasteiger partial charge in [0.15, 0.2) is 9.84 Å². The van der Waals surface area contributed by atoms with Gasteiger partial charge in [-0.25, -0.2) is 17.6 Å². The molecule has 0 unspecified atom stereocenters. The third kappa shape index (κ3) is 4.84. The highest BCUT2D eigenvalue weighted by Gasteiger charge is 2.30. The van der Waals surface area contributed by atoms with E-state index in [4.69, 9.17) is 4.74 Å². The van der Waals surface area contributed by atoms with Crippen LogP contribution in [0.5, 0.6) is 0 Å². The lowest BCUT2D eigenvalue weighted by Crippen LogP contribution is -2.24. The molecular weight excluding hydrogens is 417 g/mol. The third-order valence-electron chi connectivity index (χ3n) is 4.74. The van der Waals surface area contributed by atoms with Crippen LogP contribution in [0.25, 0.3) is 0 Å². The smallest absolute Gasteiger partial charge is 0.341 e. The van der Waals surface area contributed by atoms with Gasteiger partial charge in [-0.1, -0.05) is 6.92 Å². The van der Waals surface area contributed by atoms with Crippen molar-refractivity contribution in [2.75, 3.05) is 17.7 Å². The van der Waals surface area contributed by atoms with E-state index < -0.39 is 33.3 Å². The molecule has 0 fully saturated rings. The second-order valence-electron chi connectivity index (χ2n) is 7.04. The summed E-state index contributed by atoms with van der Waals surface area (Å²) in [6.45, 7) is 4.03. The van der Waals surface area contributed by atoms with Gasteiger partial charge in [-0.3, -0.25) is 4.79 Å². The van der Waals surface area contributed by atoms with Crippen molar-refractivity contribution in [1.29, 1.82) is 0 Å². The molecular formula is C20H22FNO5S2. The molecule has 1 heterocycles.